The van der Waals surface area contributed by atoms with Crippen LogP contribution >= 0.6 is 11.3 Å². The van der Waals surface area contributed by atoms with Gasteiger partial charge in [0.25, 0.3) is 5.91 Å². The van der Waals surface area contributed by atoms with Gasteiger partial charge in [0.1, 0.15) is 16.5 Å². The Labute approximate surface area is 233 Å². The number of methoxy groups -OCH3 is 2. The number of hydrogen-bond donors (Lipinski definition) is 1. The molecule has 3 aromatic rings. The molecule has 1 N–H and O–H groups in total. The van der Waals surface area contributed by atoms with Crippen LogP contribution in [0.3, 0.4) is 0 Å². The minimum Gasteiger partial charge on any atom is -0.503 e. The Hall–Kier alpha value is -3.69. The number of amides is 1. The van der Waals surface area contributed by atoms with Crippen molar-refractivity contribution in [1.82, 2.24) is 14.8 Å². The minimum absolute atomic E-state index is 0.0285. The lowest BCUT2D eigenvalue weighted by Gasteiger charge is -2.29. The number of carbonyl (C=O) groups is 2. The quantitative estimate of drug-likeness (QED) is 0.301. The molecule has 0 radical (unpaired) electrons. The van der Waals surface area contributed by atoms with E-state index in [4.69, 9.17) is 9.47 Å². The lowest BCUT2D eigenvalue weighted by Crippen LogP contribution is -2.34. The molecule has 1 amide bonds. The number of nitrogens with zero attached hydrogens (tertiary/aromatic N) is 3. The van der Waals surface area contributed by atoms with Gasteiger partial charge in [-0.25, -0.2) is 4.98 Å². The topological polar surface area (TPSA) is 92.2 Å². The van der Waals surface area contributed by atoms with E-state index in [9.17, 15) is 14.7 Å². The van der Waals surface area contributed by atoms with Gasteiger partial charge in [-0.15, -0.1) is 11.3 Å². The molecule has 2 heterocycles. The van der Waals surface area contributed by atoms with Gasteiger partial charge in [0.15, 0.2) is 5.76 Å². The van der Waals surface area contributed by atoms with Gasteiger partial charge in [0.2, 0.25) is 5.78 Å². The summed E-state index contributed by atoms with van der Waals surface area (Å²) in [6.07, 6.45) is 0.683. The molecule has 39 heavy (non-hydrogen) atoms. The van der Waals surface area contributed by atoms with E-state index in [0.717, 1.165) is 25.2 Å². The van der Waals surface area contributed by atoms with Crippen molar-refractivity contribution in [2.75, 3.05) is 40.4 Å². The second-order valence-electron chi connectivity index (χ2n) is 9.28. The number of aliphatic hydroxyl groups excluding tert-OH is 1. The molecule has 0 bridgehead atoms. The van der Waals surface area contributed by atoms with Crippen LogP contribution in [0, 0.1) is 6.92 Å². The second-order valence-corrected chi connectivity index (χ2v) is 10.3. The SMILES string of the molecule is CCN(CC)CCCN1C(=O)C(O)=C(C(=O)c2sc(-c3ccccc3)nc2C)C1c1cc(OC)ccc1OC. The standard InChI is InChI=1S/C30H35N3O5S/c1-6-32(7-2)16-11-17-33-25(22-18-21(37-4)14-15-23(22)38-5)24(27(35)30(33)36)26(34)28-19(3)31-29(39-28)20-12-9-8-10-13-20/h8-10,12-15,18,25,35H,6-7,11,16-17H2,1-5H3. The van der Waals surface area contributed by atoms with Crippen LogP contribution in [0.15, 0.2) is 59.9 Å². The average molecular weight is 550 g/mol. The summed E-state index contributed by atoms with van der Waals surface area (Å²) in [7, 11) is 3.09. The zero-order chi connectivity index (χ0) is 28.1. The Morgan fingerprint density at radius 2 is 1.82 bits per heavy atom. The molecule has 0 spiro atoms. The maximum Gasteiger partial charge on any atom is 0.290 e. The number of aliphatic hydroxyl groups is 1. The first-order chi connectivity index (χ1) is 18.8. The molecule has 9 heteroatoms. The third-order valence-corrected chi connectivity index (χ3v) is 8.28. The van der Waals surface area contributed by atoms with Crippen LogP contribution in [0.2, 0.25) is 0 Å². The molecule has 1 unspecified atom stereocenters. The largest absolute Gasteiger partial charge is 0.503 e. The summed E-state index contributed by atoms with van der Waals surface area (Å²) >= 11 is 1.26. The number of ketones is 1. The van der Waals surface area contributed by atoms with Gasteiger partial charge < -0.3 is 24.4 Å². The molecule has 0 fully saturated rings. The summed E-state index contributed by atoms with van der Waals surface area (Å²) in [5, 5.41) is 11.9. The fraction of sp³-hybridized carbons (Fsp3) is 0.367. The number of Topliss-reactive ketones (excluding diaryl/α,β-unsaturated/α-hetero) is 1. The van der Waals surface area contributed by atoms with Gasteiger partial charge in [-0.3, -0.25) is 9.59 Å². The van der Waals surface area contributed by atoms with Crippen LogP contribution < -0.4 is 9.47 Å². The molecule has 1 atom stereocenters. The highest BCUT2D eigenvalue weighted by Crippen LogP contribution is 2.44. The van der Waals surface area contributed by atoms with Gasteiger partial charge in [0.05, 0.1) is 36.4 Å². The fourth-order valence-corrected chi connectivity index (χ4v) is 5.96. The fourth-order valence-electron chi connectivity index (χ4n) is 4.93. The molecule has 8 nitrogen and oxygen atoms in total. The first-order valence-corrected chi connectivity index (χ1v) is 13.9. The van der Waals surface area contributed by atoms with Gasteiger partial charge in [-0.2, -0.15) is 0 Å². The lowest BCUT2D eigenvalue weighted by molar-refractivity contribution is -0.129. The number of hydrogen-bond acceptors (Lipinski definition) is 8. The van der Waals surface area contributed by atoms with Crippen molar-refractivity contribution >= 4 is 23.0 Å². The van der Waals surface area contributed by atoms with E-state index in [1.54, 1.807) is 37.1 Å². The number of ether oxygens (including phenoxy) is 2. The number of benzene rings is 2. The van der Waals surface area contributed by atoms with E-state index in [1.807, 2.05) is 30.3 Å². The van der Waals surface area contributed by atoms with Gasteiger partial charge >= 0.3 is 0 Å². The van der Waals surface area contributed by atoms with Crippen LogP contribution in [-0.4, -0.2) is 72.0 Å². The molecule has 1 aliphatic heterocycles. The van der Waals surface area contributed by atoms with Crippen molar-refractivity contribution in [3.8, 4) is 22.1 Å². The third kappa shape index (κ3) is 5.69. The summed E-state index contributed by atoms with van der Waals surface area (Å²) in [5.41, 5.74) is 2.05. The monoisotopic (exact) mass is 549 g/mol. The summed E-state index contributed by atoms with van der Waals surface area (Å²) in [6.45, 7) is 8.92. The number of carbonyl (C=O) groups excluding carboxylic acids is 2. The van der Waals surface area contributed by atoms with Crippen LogP contribution in [0.25, 0.3) is 10.6 Å². The zero-order valence-electron chi connectivity index (χ0n) is 23.1. The van der Waals surface area contributed by atoms with Crippen LogP contribution in [-0.2, 0) is 4.79 Å². The highest BCUT2D eigenvalue weighted by Gasteiger charge is 2.45. The Kier molecular flexibility index (Phi) is 9.04. The molecular weight excluding hydrogens is 514 g/mol. The van der Waals surface area contributed by atoms with E-state index in [2.05, 4.69) is 23.7 Å². The number of rotatable bonds is 12. The van der Waals surface area contributed by atoms with Crippen molar-refractivity contribution in [3.63, 3.8) is 0 Å². The maximum absolute atomic E-state index is 14.1. The predicted octanol–water partition coefficient (Wildman–Crippen LogP) is 5.45. The summed E-state index contributed by atoms with van der Waals surface area (Å²) in [4.78, 5) is 36.5. The maximum atomic E-state index is 14.1. The molecule has 0 saturated carbocycles. The predicted molar refractivity (Wildman–Crippen MR) is 153 cm³/mol. The van der Waals surface area contributed by atoms with E-state index in [1.165, 1.54) is 18.4 Å². The zero-order valence-corrected chi connectivity index (χ0v) is 23.9. The molecule has 1 aromatic heterocycles. The normalized spacial score (nSPS) is 15.4. The summed E-state index contributed by atoms with van der Waals surface area (Å²) in [5.74, 6) is -0.475. The first kappa shape index (κ1) is 28.3. The van der Waals surface area contributed by atoms with Crippen molar-refractivity contribution in [2.24, 2.45) is 0 Å². The average Bonchev–Trinajstić information content (AvgIpc) is 3.47. The van der Waals surface area contributed by atoms with Gasteiger partial charge in [0, 0.05) is 17.7 Å². The highest BCUT2D eigenvalue weighted by atomic mass is 32.1. The van der Waals surface area contributed by atoms with Crippen molar-refractivity contribution in [2.45, 2.75) is 33.2 Å². The first-order valence-electron chi connectivity index (χ1n) is 13.1. The van der Waals surface area contributed by atoms with Crippen LogP contribution in [0.1, 0.15) is 47.2 Å². The minimum atomic E-state index is -0.839. The lowest BCUT2D eigenvalue weighted by atomic mass is 9.94. The Balaban J connectivity index is 1.78. The Morgan fingerprint density at radius 3 is 2.46 bits per heavy atom. The molecule has 0 saturated heterocycles. The highest BCUT2D eigenvalue weighted by molar-refractivity contribution is 7.17. The van der Waals surface area contributed by atoms with E-state index in [-0.39, 0.29) is 5.57 Å². The van der Waals surface area contributed by atoms with Crippen molar-refractivity contribution in [3.05, 3.63) is 76.0 Å². The molecule has 4 rings (SSSR count). The van der Waals surface area contributed by atoms with Crippen LogP contribution in [0.4, 0.5) is 0 Å². The number of aryl methyl sites for hydroxylation is 1. The molecule has 1 aliphatic rings. The Bertz CT molecular complexity index is 1360. The number of thiazole rings is 1. The molecule has 206 valence electrons. The molecular formula is C30H35N3O5S. The van der Waals surface area contributed by atoms with Crippen LogP contribution in [0.5, 0.6) is 11.5 Å². The molecule has 2 aromatic carbocycles. The third-order valence-electron chi connectivity index (χ3n) is 7.07. The van der Waals surface area contributed by atoms with Gasteiger partial charge in [-0.1, -0.05) is 44.2 Å². The second kappa shape index (κ2) is 12.4. The van der Waals surface area contributed by atoms with E-state index in [0.29, 0.717) is 45.6 Å². The summed E-state index contributed by atoms with van der Waals surface area (Å²) in [6, 6.07) is 14.0. The van der Waals surface area contributed by atoms with E-state index >= 15 is 0 Å². The van der Waals surface area contributed by atoms with Crippen molar-refractivity contribution < 1.29 is 24.2 Å². The summed E-state index contributed by atoms with van der Waals surface area (Å²) < 4.78 is 11.1. The van der Waals surface area contributed by atoms with E-state index < -0.39 is 23.5 Å². The molecule has 0 aliphatic carbocycles. The smallest absolute Gasteiger partial charge is 0.290 e. The van der Waals surface area contributed by atoms with Crippen molar-refractivity contribution in [1.29, 1.82) is 0 Å². The van der Waals surface area contributed by atoms with Gasteiger partial charge in [-0.05, 0) is 51.2 Å². The Morgan fingerprint density at radius 1 is 1.10 bits per heavy atom. The number of aromatic nitrogens is 1.